The van der Waals surface area contributed by atoms with Crippen molar-refractivity contribution in [1.29, 1.82) is 0 Å². The molecule has 1 fully saturated rings. The quantitative estimate of drug-likeness (QED) is 0.572. The highest BCUT2D eigenvalue weighted by Gasteiger charge is 2.54. The average molecular weight is 284 g/mol. The lowest BCUT2D eigenvalue weighted by Crippen LogP contribution is -2.50. The first-order valence-electron chi connectivity index (χ1n) is 7.09. The van der Waals surface area contributed by atoms with Crippen LogP contribution in [0.2, 0.25) is 0 Å². The van der Waals surface area contributed by atoms with Gasteiger partial charge in [-0.15, -0.1) is 0 Å². The number of esters is 2. The molecule has 0 aliphatic heterocycles. The molecule has 20 heavy (non-hydrogen) atoms. The molecule has 0 radical (unpaired) electrons. The lowest BCUT2D eigenvalue weighted by Gasteiger charge is -2.41. The molecular formula is C15H24O5. The summed E-state index contributed by atoms with van der Waals surface area (Å²) < 4.78 is 9.71. The molecule has 0 N–H and O–H groups in total. The van der Waals surface area contributed by atoms with E-state index >= 15 is 0 Å². The summed E-state index contributed by atoms with van der Waals surface area (Å²) in [4.78, 5) is 36.4. The van der Waals surface area contributed by atoms with Crippen LogP contribution >= 0.6 is 0 Å². The summed E-state index contributed by atoms with van der Waals surface area (Å²) in [5.41, 5.74) is -1.75. The van der Waals surface area contributed by atoms with Gasteiger partial charge in [0.15, 0.2) is 5.78 Å². The summed E-state index contributed by atoms with van der Waals surface area (Å²) >= 11 is 0. The van der Waals surface area contributed by atoms with Gasteiger partial charge in [0.25, 0.3) is 0 Å². The molecule has 1 unspecified atom stereocenters. The third-order valence-corrected chi connectivity index (χ3v) is 4.09. The monoisotopic (exact) mass is 284 g/mol. The van der Waals surface area contributed by atoms with Gasteiger partial charge in [-0.25, -0.2) is 0 Å². The fraction of sp³-hybridized carbons (Fsp3) is 0.800. The second-order valence-electron chi connectivity index (χ2n) is 5.95. The Hall–Kier alpha value is -1.39. The van der Waals surface area contributed by atoms with Crippen molar-refractivity contribution in [3.8, 4) is 0 Å². The topological polar surface area (TPSA) is 69.7 Å². The highest BCUT2D eigenvalue weighted by atomic mass is 16.5. The molecule has 1 rings (SSSR count). The molecule has 1 atom stereocenters. The van der Waals surface area contributed by atoms with Crippen LogP contribution < -0.4 is 0 Å². The maximum atomic E-state index is 12.7. The number of hydrogen-bond donors (Lipinski definition) is 0. The van der Waals surface area contributed by atoms with Crippen LogP contribution in [-0.2, 0) is 23.9 Å². The highest BCUT2D eigenvalue weighted by Crippen LogP contribution is 2.46. The van der Waals surface area contributed by atoms with Crippen LogP contribution in [-0.4, -0.2) is 31.4 Å². The number of Topliss-reactive ketones (excluding diaryl/α,β-unsaturated/α-hetero) is 1. The van der Waals surface area contributed by atoms with E-state index in [0.717, 1.165) is 12.8 Å². The number of rotatable bonds is 5. The van der Waals surface area contributed by atoms with Crippen molar-refractivity contribution < 1.29 is 23.9 Å². The van der Waals surface area contributed by atoms with E-state index in [-0.39, 0.29) is 24.6 Å². The Morgan fingerprint density at radius 1 is 1.25 bits per heavy atom. The van der Waals surface area contributed by atoms with Crippen molar-refractivity contribution in [2.75, 3.05) is 13.7 Å². The van der Waals surface area contributed by atoms with Gasteiger partial charge in [0.1, 0.15) is 5.41 Å². The van der Waals surface area contributed by atoms with E-state index in [1.165, 1.54) is 7.11 Å². The Bertz CT molecular complexity index is 399. The Morgan fingerprint density at radius 3 is 2.45 bits per heavy atom. The van der Waals surface area contributed by atoms with Gasteiger partial charge in [-0.05, 0) is 26.2 Å². The normalized spacial score (nSPS) is 25.1. The summed E-state index contributed by atoms with van der Waals surface area (Å²) in [5.74, 6) is -1.03. The van der Waals surface area contributed by atoms with Gasteiger partial charge in [0.05, 0.1) is 13.7 Å². The van der Waals surface area contributed by atoms with Crippen molar-refractivity contribution in [1.82, 2.24) is 0 Å². The molecule has 0 spiro atoms. The maximum absolute atomic E-state index is 12.7. The number of ether oxygens (including phenoxy) is 2. The fourth-order valence-corrected chi connectivity index (χ4v) is 2.99. The Balaban J connectivity index is 2.95. The molecule has 0 aromatic rings. The van der Waals surface area contributed by atoms with Crippen molar-refractivity contribution in [2.24, 2.45) is 10.8 Å². The van der Waals surface area contributed by atoms with Crippen LogP contribution in [0.15, 0.2) is 0 Å². The second-order valence-corrected chi connectivity index (χ2v) is 5.95. The molecule has 114 valence electrons. The number of carbonyl (C=O) groups is 3. The molecule has 1 saturated carbocycles. The first kappa shape index (κ1) is 16.7. The van der Waals surface area contributed by atoms with Crippen LogP contribution in [0, 0.1) is 10.8 Å². The van der Waals surface area contributed by atoms with E-state index in [4.69, 9.17) is 9.47 Å². The van der Waals surface area contributed by atoms with Crippen molar-refractivity contribution in [2.45, 2.75) is 52.9 Å². The lowest BCUT2D eigenvalue weighted by molar-refractivity contribution is -0.166. The first-order valence-corrected chi connectivity index (χ1v) is 7.09. The predicted octanol–water partition coefficient (Wildman–Crippen LogP) is 2.27. The molecule has 0 aromatic heterocycles. The van der Waals surface area contributed by atoms with Gasteiger partial charge >= 0.3 is 11.9 Å². The summed E-state index contributed by atoms with van der Waals surface area (Å²) in [7, 11) is 1.28. The minimum absolute atomic E-state index is 0.0603. The molecule has 5 heteroatoms. The van der Waals surface area contributed by atoms with E-state index in [2.05, 4.69) is 0 Å². The molecule has 0 aromatic carbocycles. The van der Waals surface area contributed by atoms with Gasteiger partial charge in [0.2, 0.25) is 0 Å². The number of methoxy groups -OCH3 is 1. The van der Waals surface area contributed by atoms with Crippen LogP contribution in [0.4, 0.5) is 0 Å². The summed E-state index contributed by atoms with van der Waals surface area (Å²) in [5, 5.41) is 0. The van der Waals surface area contributed by atoms with Gasteiger partial charge in [-0.1, -0.05) is 20.3 Å². The minimum Gasteiger partial charge on any atom is -0.468 e. The van der Waals surface area contributed by atoms with E-state index in [1.807, 2.05) is 13.8 Å². The average Bonchev–Trinajstić information content (AvgIpc) is 2.40. The zero-order valence-corrected chi connectivity index (χ0v) is 12.8. The Kier molecular flexibility index (Phi) is 5.31. The van der Waals surface area contributed by atoms with Crippen molar-refractivity contribution >= 4 is 17.7 Å². The predicted molar refractivity (Wildman–Crippen MR) is 73.0 cm³/mol. The number of hydrogen-bond acceptors (Lipinski definition) is 5. The van der Waals surface area contributed by atoms with E-state index in [0.29, 0.717) is 13.0 Å². The molecule has 1 aliphatic rings. The third kappa shape index (κ3) is 3.19. The van der Waals surface area contributed by atoms with E-state index in [9.17, 15) is 14.4 Å². The molecule has 5 nitrogen and oxygen atoms in total. The second kappa shape index (κ2) is 6.37. The largest absolute Gasteiger partial charge is 0.468 e. The van der Waals surface area contributed by atoms with Crippen molar-refractivity contribution in [3.05, 3.63) is 0 Å². The number of carbonyl (C=O) groups excluding carboxylic acids is 3. The third-order valence-electron chi connectivity index (χ3n) is 4.09. The molecule has 0 amide bonds. The van der Waals surface area contributed by atoms with Crippen LogP contribution in [0.3, 0.4) is 0 Å². The van der Waals surface area contributed by atoms with Crippen LogP contribution in [0.1, 0.15) is 52.9 Å². The minimum atomic E-state index is -1.19. The van der Waals surface area contributed by atoms with Crippen molar-refractivity contribution in [3.63, 3.8) is 0 Å². The lowest BCUT2D eigenvalue weighted by atomic mass is 9.60. The van der Waals surface area contributed by atoms with Crippen LogP contribution in [0.5, 0.6) is 0 Å². The molecule has 1 aliphatic carbocycles. The zero-order chi connectivity index (χ0) is 15.4. The zero-order valence-electron chi connectivity index (χ0n) is 12.8. The summed E-state index contributed by atoms with van der Waals surface area (Å²) in [6, 6.07) is 0. The molecule has 0 saturated heterocycles. The van der Waals surface area contributed by atoms with Gasteiger partial charge < -0.3 is 9.47 Å². The van der Waals surface area contributed by atoms with Crippen LogP contribution in [0.25, 0.3) is 0 Å². The van der Waals surface area contributed by atoms with Gasteiger partial charge in [-0.3, -0.25) is 14.4 Å². The molecular weight excluding hydrogens is 260 g/mol. The SMILES string of the molecule is CCOC(=O)CCC1(C(=O)OC)CCCC(C)(C)C1=O. The Morgan fingerprint density at radius 2 is 1.90 bits per heavy atom. The first-order chi connectivity index (χ1) is 9.30. The summed E-state index contributed by atoms with van der Waals surface area (Å²) in [6.45, 7) is 5.71. The standard InChI is InChI=1S/C15H24O5/c1-5-20-11(16)7-10-15(13(18)19-4)9-6-8-14(2,3)12(15)17/h5-10H2,1-4H3. The summed E-state index contributed by atoms with van der Waals surface area (Å²) in [6.07, 6.45) is 2.20. The van der Waals surface area contributed by atoms with E-state index < -0.39 is 16.8 Å². The van der Waals surface area contributed by atoms with Gasteiger partial charge in [-0.2, -0.15) is 0 Å². The number of ketones is 1. The van der Waals surface area contributed by atoms with Gasteiger partial charge in [0, 0.05) is 11.8 Å². The highest BCUT2D eigenvalue weighted by molar-refractivity contribution is 6.07. The van der Waals surface area contributed by atoms with E-state index in [1.54, 1.807) is 6.92 Å². The fourth-order valence-electron chi connectivity index (χ4n) is 2.99. The maximum Gasteiger partial charge on any atom is 0.319 e. The smallest absolute Gasteiger partial charge is 0.319 e. The molecule has 0 heterocycles. The Labute approximate surface area is 120 Å². The molecule has 0 bridgehead atoms.